The minimum absolute atomic E-state index is 0.249. The second kappa shape index (κ2) is 12.5. The third-order valence-corrected chi connectivity index (χ3v) is 5.80. The highest BCUT2D eigenvalue weighted by molar-refractivity contribution is 6.39. The zero-order valence-corrected chi connectivity index (χ0v) is 21.6. The van der Waals surface area contributed by atoms with Gasteiger partial charge in [-0.2, -0.15) is 5.10 Å². The summed E-state index contributed by atoms with van der Waals surface area (Å²) in [5, 5.41) is 9.74. The first kappa shape index (κ1) is 27.2. The number of carbonyl (C=O) groups is 3. The van der Waals surface area contributed by atoms with Gasteiger partial charge in [-0.05, 0) is 73.4 Å². The van der Waals surface area contributed by atoms with Gasteiger partial charge in [-0.1, -0.05) is 35.9 Å². The monoisotopic (exact) mass is 522 g/mol. The lowest BCUT2D eigenvalue weighted by Crippen LogP contribution is -2.32. The van der Waals surface area contributed by atoms with Crippen molar-refractivity contribution in [1.29, 1.82) is 0 Å². The molecule has 0 aliphatic rings. The van der Waals surface area contributed by atoms with Crippen molar-refractivity contribution in [1.82, 2.24) is 5.43 Å². The van der Waals surface area contributed by atoms with Crippen LogP contribution in [0.5, 0.6) is 11.5 Å². The number of para-hydroxylation sites is 1. The zero-order chi connectivity index (χ0) is 26.9. The minimum Gasteiger partial charge on any atom is -0.493 e. The van der Waals surface area contributed by atoms with Gasteiger partial charge >= 0.3 is 11.8 Å². The molecule has 0 fully saturated rings. The van der Waals surface area contributed by atoms with E-state index >= 15 is 0 Å². The topological polar surface area (TPSA) is 118 Å². The molecule has 0 bridgehead atoms. The van der Waals surface area contributed by atoms with E-state index in [2.05, 4.69) is 21.2 Å². The van der Waals surface area contributed by atoms with Gasteiger partial charge in [0.2, 0.25) is 0 Å². The third kappa shape index (κ3) is 7.31. The van der Waals surface area contributed by atoms with Gasteiger partial charge < -0.3 is 20.1 Å². The number of benzene rings is 3. The molecule has 0 saturated heterocycles. The minimum atomic E-state index is -0.910. The fourth-order valence-corrected chi connectivity index (χ4v) is 3.53. The first-order valence-corrected chi connectivity index (χ1v) is 11.6. The number of nitrogens with zero attached hydrogens (tertiary/aromatic N) is 1. The molecule has 37 heavy (non-hydrogen) atoms. The summed E-state index contributed by atoms with van der Waals surface area (Å²) < 4.78 is 10.9. The van der Waals surface area contributed by atoms with E-state index in [1.165, 1.54) is 13.3 Å². The van der Waals surface area contributed by atoms with E-state index < -0.39 is 11.8 Å². The number of rotatable bonds is 8. The van der Waals surface area contributed by atoms with Crippen LogP contribution in [0.4, 0.5) is 11.4 Å². The molecule has 3 N–H and O–H groups in total. The van der Waals surface area contributed by atoms with Gasteiger partial charge in [-0.15, -0.1) is 0 Å². The summed E-state index contributed by atoms with van der Waals surface area (Å²) in [6, 6.07) is 15.7. The highest BCUT2D eigenvalue weighted by atomic mass is 35.5. The maximum atomic E-state index is 12.3. The number of amides is 3. The van der Waals surface area contributed by atoms with Crippen LogP contribution in [0.3, 0.4) is 0 Å². The van der Waals surface area contributed by atoms with Crippen LogP contribution in [0.25, 0.3) is 0 Å². The number of hydrazone groups is 1. The lowest BCUT2D eigenvalue weighted by molar-refractivity contribution is -0.136. The number of methoxy groups -OCH3 is 1. The molecule has 9 nitrogen and oxygen atoms in total. The van der Waals surface area contributed by atoms with Gasteiger partial charge in [0.25, 0.3) is 5.91 Å². The maximum absolute atomic E-state index is 12.3. The Kier molecular flexibility index (Phi) is 9.23. The van der Waals surface area contributed by atoms with Crippen LogP contribution in [0.1, 0.15) is 22.3 Å². The lowest BCUT2D eigenvalue weighted by atomic mass is 10.1. The van der Waals surface area contributed by atoms with Crippen molar-refractivity contribution in [2.24, 2.45) is 5.10 Å². The summed E-state index contributed by atoms with van der Waals surface area (Å²) in [4.78, 5) is 36.7. The predicted octanol–water partition coefficient (Wildman–Crippen LogP) is 4.38. The van der Waals surface area contributed by atoms with E-state index in [0.29, 0.717) is 33.5 Å². The van der Waals surface area contributed by atoms with Crippen LogP contribution >= 0.6 is 11.6 Å². The molecule has 0 unspecified atom stereocenters. The Morgan fingerprint density at radius 1 is 0.919 bits per heavy atom. The van der Waals surface area contributed by atoms with Crippen molar-refractivity contribution in [3.63, 3.8) is 0 Å². The number of aryl methyl sites for hydroxylation is 2. The highest BCUT2D eigenvalue weighted by Crippen LogP contribution is 2.28. The van der Waals surface area contributed by atoms with Crippen LogP contribution in [-0.2, 0) is 14.4 Å². The summed E-state index contributed by atoms with van der Waals surface area (Å²) >= 11 is 6.08. The van der Waals surface area contributed by atoms with Gasteiger partial charge in [0.15, 0.2) is 18.1 Å². The molecule has 0 aromatic heterocycles. The summed E-state index contributed by atoms with van der Waals surface area (Å²) in [7, 11) is 1.46. The quantitative estimate of drug-likeness (QED) is 0.230. The van der Waals surface area contributed by atoms with E-state index in [4.69, 9.17) is 21.1 Å². The van der Waals surface area contributed by atoms with Gasteiger partial charge in [-0.25, -0.2) is 5.43 Å². The van der Waals surface area contributed by atoms with Crippen molar-refractivity contribution in [3.05, 3.63) is 81.9 Å². The molecule has 0 radical (unpaired) electrons. The van der Waals surface area contributed by atoms with Crippen molar-refractivity contribution < 1.29 is 23.9 Å². The molecular weight excluding hydrogens is 496 g/mol. The Morgan fingerprint density at radius 2 is 1.62 bits per heavy atom. The molecule has 3 aromatic rings. The van der Waals surface area contributed by atoms with Crippen LogP contribution in [-0.4, -0.2) is 37.7 Å². The predicted molar refractivity (Wildman–Crippen MR) is 144 cm³/mol. The Labute approximate surface area is 219 Å². The SMILES string of the molecule is COc1cc(/C=N\NC(=O)C(=O)Nc2c(C)cccc2C)ccc1OCC(=O)Nc1cccc(Cl)c1C. The second-order valence-corrected chi connectivity index (χ2v) is 8.49. The Morgan fingerprint density at radius 3 is 2.32 bits per heavy atom. The molecule has 192 valence electrons. The van der Waals surface area contributed by atoms with Crippen LogP contribution in [0.2, 0.25) is 5.02 Å². The van der Waals surface area contributed by atoms with Crippen LogP contribution in [0, 0.1) is 20.8 Å². The van der Waals surface area contributed by atoms with Crippen molar-refractivity contribution >= 4 is 46.9 Å². The van der Waals surface area contributed by atoms with E-state index in [1.54, 1.807) is 36.4 Å². The lowest BCUT2D eigenvalue weighted by Gasteiger charge is -2.13. The highest BCUT2D eigenvalue weighted by Gasteiger charge is 2.15. The average molecular weight is 523 g/mol. The number of ether oxygens (including phenoxy) is 2. The Bertz CT molecular complexity index is 1340. The molecule has 3 rings (SSSR count). The molecule has 0 atom stereocenters. The first-order chi connectivity index (χ1) is 17.7. The van der Waals surface area contributed by atoms with Crippen molar-refractivity contribution in [2.75, 3.05) is 24.4 Å². The molecular formula is C27H27ClN4O5. The standard InChI is InChI=1S/C27H27ClN4O5/c1-16-7-5-8-17(2)25(16)31-26(34)27(35)32-29-14-19-11-12-22(23(13-19)36-4)37-15-24(33)30-21-10-6-9-20(28)18(21)3/h5-14H,15H2,1-4H3,(H,30,33)(H,31,34)(H,32,35)/b29-14-. The van der Waals surface area contributed by atoms with Crippen molar-refractivity contribution in [2.45, 2.75) is 20.8 Å². The Hall–Kier alpha value is -4.37. The summed E-state index contributed by atoms with van der Waals surface area (Å²) in [6.45, 7) is 5.24. The van der Waals surface area contributed by atoms with Gasteiger partial charge in [-0.3, -0.25) is 14.4 Å². The van der Waals surface area contributed by atoms with E-state index in [9.17, 15) is 14.4 Å². The number of nitrogens with one attached hydrogen (secondary N) is 3. The van der Waals surface area contributed by atoms with Crippen molar-refractivity contribution in [3.8, 4) is 11.5 Å². The zero-order valence-electron chi connectivity index (χ0n) is 20.8. The molecule has 0 aliphatic heterocycles. The molecule has 0 aliphatic carbocycles. The first-order valence-electron chi connectivity index (χ1n) is 11.3. The molecule has 0 heterocycles. The largest absolute Gasteiger partial charge is 0.493 e. The smallest absolute Gasteiger partial charge is 0.329 e. The molecule has 3 amide bonds. The number of halogens is 1. The fourth-order valence-electron chi connectivity index (χ4n) is 3.35. The summed E-state index contributed by atoms with van der Waals surface area (Å²) in [6.07, 6.45) is 1.35. The third-order valence-electron chi connectivity index (χ3n) is 5.39. The number of hydrogen-bond donors (Lipinski definition) is 3. The number of carbonyl (C=O) groups excluding carboxylic acids is 3. The van der Waals surface area contributed by atoms with Gasteiger partial charge in [0.1, 0.15) is 0 Å². The number of anilines is 2. The fraction of sp³-hybridized carbons (Fsp3) is 0.185. The maximum Gasteiger partial charge on any atom is 0.329 e. The van der Waals surface area contributed by atoms with E-state index in [1.807, 2.05) is 39.0 Å². The molecule has 0 saturated carbocycles. The average Bonchev–Trinajstić information content (AvgIpc) is 2.87. The second-order valence-electron chi connectivity index (χ2n) is 8.08. The van der Waals surface area contributed by atoms with Crippen LogP contribution < -0.4 is 25.5 Å². The van der Waals surface area contributed by atoms with Crippen LogP contribution in [0.15, 0.2) is 59.7 Å². The van der Waals surface area contributed by atoms with E-state index in [-0.39, 0.29) is 12.5 Å². The molecule has 10 heteroatoms. The molecule has 0 spiro atoms. The van der Waals surface area contributed by atoms with Gasteiger partial charge in [0, 0.05) is 16.4 Å². The normalized spacial score (nSPS) is 10.6. The summed E-state index contributed by atoms with van der Waals surface area (Å²) in [5.41, 5.74) is 6.40. The summed E-state index contributed by atoms with van der Waals surface area (Å²) in [5.74, 6) is -1.40. The Balaban J connectivity index is 1.56. The van der Waals surface area contributed by atoms with E-state index in [0.717, 1.165) is 16.7 Å². The van der Waals surface area contributed by atoms with Gasteiger partial charge in [0.05, 0.1) is 13.3 Å². The molecule has 3 aromatic carbocycles. The number of hydrogen-bond acceptors (Lipinski definition) is 6.